The van der Waals surface area contributed by atoms with Crippen molar-refractivity contribution in [1.82, 2.24) is 20.1 Å². The molecule has 2 rings (SSSR count). The number of nitrogens with one attached hydrogen (secondary N) is 1. The van der Waals surface area contributed by atoms with Crippen molar-refractivity contribution >= 4 is 17.6 Å². The molecule has 1 saturated carbocycles. The molecular weight excluding hydrogens is 378 g/mol. The maximum Gasteiger partial charge on any atom is 0.243 e. The van der Waals surface area contributed by atoms with Crippen LogP contribution in [0.15, 0.2) is 18.3 Å². The summed E-state index contributed by atoms with van der Waals surface area (Å²) in [4.78, 5) is 34.1. The number of likely N-dealkylation sites (N-methyl/N-ethyl adjacent to an activating group) is 2. The molecule has 0 aromatic carbocycles. The number of rotatable bonds is 9. The molecule has 0 spiro atoms. The van der Waals surface area contributed by atoms with Gasteiger partial charge in [-0.15, -0.1) is 0 Å². The number of nitrogens with two attached hydrogens (primary N) is 1. The lowest BCUT2D eigenvalue weighted by Gasteiger charge is -2.36. The summed E-state index contributed by atoms with van der Waals surface area (Å²) in [6, 6.07) is 3.08. The Morgan fingerprint density at radius 3 is 2.40 bits per heavy atom. The standard InChI is InChI=1S/C23H39N5O2/c1-16(2)27(4)17(3)23(30)28(5)20(13-18-9-7-6-8-10-18)22(29)26-15-19-11-12-21(24)25-14-19/h11-12,14,16-18,20H,6-10,13,15H2,1-5H3,(H2,24,25)(H,26,29)/t17-,20-/m0/s1. The maximum atomic E-state index is 13.2. The van der Waals surface area contributed by atoms with Gasteiger partial charge in [0.1, 0.15) is 11.9 Å². The van der Waals surface area contributed by atoms with Crippen LogP contribution in [0.4, 0.5) is 5.82 Å². The summed E-state index contributed by atoms with van der Waals surface area (Å²) >= 11 is 0. The number of pyridine rings is 1. The van der Waals surface area contributed by atoms with E-state index < -0.39 is 6.04 Å². The zero-order valence-electron chi connectivity index (χ0n) is 19.2. The van der Waals surface area contributed by atoms with Crippen LogP contribution in [-0.2, 0) is 16.1 Å². The van der Waals surface area contributed by atoms with E-state index in [1.165, 1.54) is 19.3 Å². The summed E-state index contributed by atoms with van der Waals surface area (Å²) in [5, 5.41) is 3.01. The second-order valence-electron chi connectivity index (χ2n) is 8.95. The van der Waals surface area contributed by atoms with E-state index in [1.807, 2.05) is 24.9 Å². The van der Waals surface area contributed by atoms with E-state index in [-0.39, 0.29) is 23.9 Å². The molecule has 1 heterocycles. The summed E-state index contributed by atoms with van der Waals surface area (Å²) in [6.07, 6.45) is 8.33. The van der Waals surface area contributed by atoms with E-state index in [2.05, 4.69) is 24.1 Å². The minimum Gasteiger partial charge on any atom is -0.384 e. The third-order valence-electron chi connectivity index (χ3n) is 6.50. The van der Waals surface area contributed by atoms with E-state index in [4.69, 9.17) is 5.73 Å². The summed E-state index contributed by atoms with van der Waals surface area (Å²) < 4.78 is 0. The Morgan fingerprint density at radius 1 is 1.17 bits per heavy atom. The van der Waals surface area contributed by atoms with Crippen LogP contribution in [0.25, 0.3) is 0 Å². The fourth-order valence-corrected chi connectivity index (χ4v) is 4.10. The Balaban J connectivity index is 2.10. The summed E-state index contributed by atoms with van der Waals surface area (Å²) in [5.41, 5.74) is 6.52. The molecule has 1 fully saturated rings. The van der Waals surface area contributed by atoms with Crippen molar-refractivity contribution in [3.63, 3.8) is 0 Å². The molecule has 2 amide bonds. The van der Waals surface area contributed by atoms with Gasteiger partial charge in [-0.05, 0) is 51.8 Å². The number of hydrogen-bond acceptors (Lipinski definition) is 5. The van der Waals surface area contributed by atoms with Crippen molar-refractivity contribution in [2.24, 2.45) is 5.92 Å². The van der Waals surface area contributed by atoms with Crippen LogP contribution < -0.4 is 11.1 Å². The largest absolute Gasteiger partial charge is 0.384 e. The molecule has 0 saturated heterocycles. The van der Waals surface area contributed by atoms with Crippen LogP contribution >= 0.6 is 0 Å². The lowest BCUT2D eigenvalue weighted by atomic mass is 9.84. The quantitative estimate of drug-likeness (QED) is 0.645. The van der Waals surface area contributed by atoms with Gasteiger partial charge in [0.15, 0.2) is 0 Å². The Hall–Kier alpha value is -2.15. The SMILES string of the molecule is CC(C)N(C)[C@@H](C)C(=O)N(C)[C@@H](CC1CCCCC1)C(=O)NCc1ccc(N)nc1. The molecule has 3 N–H and O–H groups in total. The second-order valence-corrected chi connectivity index (χ2v) is 8.95. The molecule has 7 nitrogen and oxygen atoms in total. The van der Waals surface area contributed by atoms with Gasteiger partial charge in [-0.3, -0.25) is 14.5 Å². The molecule has 168 valence electrons. The van der Waals surface area contributed by atoms with Gasteiger partial charge in [-0.1, -0.05) is 38.2 Å². The van der Waals surface area contributed by atoms with Gasteiger partial charge in [-0.25, -0.2) is 4.98 Å². The van der Waals surface area contributed by atoms with Crippen molar-refractivity contribution in [3.05, 3.63) is 23.9 Å². The predicted octanol–water partition coefficient (Wildman–Crippen LogP) is 2.81. The molecule has 1 aromatic rings. The number of carbonyl (C=O) groups excluding carboxylic acids is 2. The van der Waals surface area contributed by atoms with Crippen LogP contribution in [0.3, 0.4) is 0 Å². The minimum absolute atomic E-state index is 0.0173. The van der Waals surface area contributed by atoms with Crippen LogP contribution in [-0.4, -0.2) is 58.8 Å². The first-order valence-electron chi connectivity index (χ1n) is 11.2. The Morgan fingerprint density at radius 2 is 1.83 bits per heavy atom. The first-order chi connectivity index (χ1) is 14.2. The molecule has 1 aliphatic carbocycles. The van der Waals surface area contributed by atoms with Gasteiger partial charge in [-0.2, -0.15) is 0 Å². The predicted molar refractivity (Wildman–Crippen MR) is 121 cm³/mol. The molecule has 0 bridgehead atoms. The second kappa shape index (κ2) is 11.3. The third-order valence-corrected chi connectivity index (χ3v) is 6.50. The highest BCUT2D eigenvalue weighted by atomic mass is 16.2. The zero-order valence-corrected chi connectivity index (χ0v) is 19.2. The monoisotopic (exact) mass is 417 g/mol. The number of nitrogens with zero attached hydrogens (tertiary/aromatic N) is 3. The summed E-state index contributed by atoms with van der Waals surface area (Å²) in [6.45, 7) is 6.42. The van der Waals surface area contributed by atoms with E-state index in [0.29, 0.717) is 24.7 Å². The van der Waals surface area contributed by atoms with Gasteiger partial charge in [0.25, 0.3) is 0 Å². The topological polar surface area (TPSA) is 91.6 Å². The van der Waals surface area contributed by atoms with Crippen molar-refractivity contribution < 1.29 is 9.59 Å². The molecule has 1 aliphatic rings. The number of amides is 2. The van der Waals surface area contributed by atoms with E-state index in [9.17, 15) is 9.59 Å². The van der Waals surface area contributed by atoms with Crippen molar-refractivity contribution in [1.29, 1.82) is 0 Å². The molecule has 2 atom stereocenters. The minimum atomic E-state index is -0.467. The first-order valence-corrected chi connectivity index (χ1v) is 11.2. The van der Waals surface area contributed by atoms with E-state index in [0.717, 1.165) is 18.4 Å². The Labute approximate surface area is 181 Å². The Bertz CT molecular complexity index is 685. The molecule has 7 heteroatoms. The van der Waals surface area contributed by atoms with Crippen LogP contribution in [0.5, 0.6) is 0 Å². The van der Waals surface area contributed by atoms with Crippen LogP contribution in [0.1, 0.15) is 64.9 Å². The van der Waals surface area contributed by atoms with Crippen molar-refractivity contribution in [3.8, 4) is 0 Å². The van der Waals surface area contributed by atoms with E-state index in [1.54, 1.807) is 24.2 Å². The molecule has 1 aromatic heterocycles. The molecule has 0 aliphatic heterocycles. The lowest BCUT2D eigenvalue weighted by Crippen LogP contribution is -2.54. The highest BCUT2D eigenvalue weighted by molar-refractivity contribution is 5.89. The summed E-state index contributed by atoms with van der Waals surface area (Å²) in [7, 11) is 3.72. The molecule has 0 radical (unpaired) electrons. The molecule has 30 heavy (non-hydrogen) atoms. The van der Waals surface area contributed by atoms with Crippen LogP contribution in [0.2, 0.25) is 0 Å². The average Bonchev–Trinajstić information content (AvgIpc) is 2.75. The average molecular weight is 418 g/mol. The fraction of sp³-hybridized carbons (Fsp3) is 0.696. The van der Waals surface area contributed by atoms with Gasteiger partial charge in [0.2, 0.25) is 11.8 Å². The van der Waals surface area contributed by atoms with Crippen molar-refractivity contribution in [2.75, 3.05) is 19.8 Å². The normalized spacial score (nSPS) is 17.0. The highest BCUT2D eigenvalue weighted by Gasteiger charge is 2.33. The lowest BCUT2D eigenvalue weighted by molar-refractivity contribution is -0.143. The van der Waals surface area contributed by atoms with Gasteiger partial charge >= 0.3 is 0 Å². The molecular formula is C23H39N5O2. The van der Waals surface area contributed by atoms with Crippen LogP contribution in [0, 0.1) is 5.92 Å². The fourth-order valence-electron chi connectivity index (χ4n) is 4.10. The van der Waals surface area contributed by atoms with Crippen molar-refractivity contribution in [2.45, 2.75) is 84.0 Å². The smallest absolute Gasteiger partial charge is 0.243 e. The third kappa shape index (κ3) is 6.69. The molecule has 0 unspecified atom stereocenters. The number of anilines is 1. The Kier molecular flexibility index (Phi) is 9.08. The van der Waals surface area contributed by atoms with E-state index >= 15 is 0 Å². The number of nitrogen functional groups attached to an aromatic ring is 1. The highest BCUT2D eigenvalue weighted by Crippen LogP contribution is 2.29. The van der Waals surface area contributed by atoms with Gasteiger partial charge < -0.3 is 16.0 Å². The number of aromatic nitrogens is 1. The van der Waals surface area contributed by atoms with Gasteiger partial charge in [0.05, 0.1) is 6.04 Å². The zero-order chi connectivity index (χ0) is 22.3. The first kappa shape index (κ1) is 24.1. The number of hydrogen-bond donors (Lipinski definition) is 2. The van der Waals surface area contributed by atoms with Gasteiger partial charge in [0, 0.05) is 25.8 Å². The summed E-state index contributed by atoms with van der Waals surface area (Å²) in [5.74, 6) is 0.818. The number of carbonyl (C=O) groups is 2. The maximum absolute atomic E-state index is 13.2.